The zero-order valence-corrected chi connectivity index (χ0v) is 15.7. The summed E-state index contributed by atoms with van der Waals surface area (Å²) in [5, 5.41) is 14.9. The van der Waals surface area contributed by atoms with Crippen molar-refractivity contribution >= 4 is 28.9 Å². The molecule has 1 aromatic heterocycles. The highest BCUT2D eigenvalue weighted by Crippen LogP contribution is 2.19. The van der Waals surface area contributed by atoms with Crippen LogP contribution < -0.4 is 10.6 Å². The first-order chi connectivity index (χ1) is 14.1. The quantitative estimate of drug-likeness (QED) is 0.618. The molecular weight excluding hydrogens is 368 g/mol. The van der Waals surface area contributed by atoms with E-state index < -0.39 is 5.97 Å². The molecule has 7 heteroatoms. The van der Waals surface area contributed by atoms with E-state index >= 15 is 0 Å². The van der Waals surface area contributed by atoms with Gasteiger partial charge in [0, 0.05) is 17.6 Å². The molecule has 1 amide bonds. The Hall–Kier alpha value is -4.18. The number of pyridine rings is 1. The van der Waals surface area contributed by atoms with Gasteiger partial charge >= 0.3 is 5.97 Å². The second kappa shape index (κ2) is 9.15. The molecule has 0 atom stereocenters. The number of hydrogen-bond donors (Lipinski definition) is 2. The zero-order chi connectivity index (χ0) is 20.6. The van der Waals surface area contributed by atoms with Gasteiger partial charge in [0.05, 0.1) is 41.3 Å². The minimum atomic E-state index is -0.409. The summed E-state index contributed by atoms with van der Waals surface area (Å²) in [5.41, 5.74) is 3.19. The molecule has 0 saturated heterocycles. The minimum absolute atomic E-state index is 0.301. The van der Waals surface area contributed by atoms with Crippen LogP contribution in [0.1, 0.15) is 33.2 Å². The van der Waals surface area contributed by atoms with Gasteiger partial charge in [0.15, 0.2) is 0 Å². The molecule has 0 spiro atoms. The fourth-order valence-electron chi connectivity index (χ4n) is 2.57. The van der Waals surface area contributed by atoms with Crippen molar-refractivity contribution in [2.24, 2.45) is 0 Å². The Labute approximate surface area is 168 Å². The number of nitriles is 1. The third kappa shape index (κ3) is 5.17. The minimum Gasteiger partial charge on any atom is -0.462 e. The van der Waals surface area contributed by atoms with Gasteiger partial charge in [0.1, 0.15) is 0 Å². The topological polar surface area (TPSA) is 104 Å². The van der Waals surface area contributed by atoms with E-state index in [2.05, 4.69) is 21.7 Å². The van der Waals surface area contributed by atoms with Crippen LogP contribution in [0.4, 0.5) is 17.1 Å². The van der Waals surface area contributed by atoms with Crippen LogP contribution in [0.25, 0.3) is 0 Å². The summed E-state index contributed by atoms with van der Waals surface area (Å²) >= 11 is 0. The first-order valence-electron chi connectivity index (χ1n) is 8.90. The fraction of sp³-hybridized carbons (Fsp3) is 0.0909. The molecule has 0 bridgehead atoms. The van der Waals surface area contributed by atoms with E-state index in [1.54, 1.807) is 61.7 Å². The fourth-order valence-corrected chi connectivity index (χ4v) is 2.57. The van der Waals surface area contributed by atoms with E-state index in [9.17, 15) is 9.59 Å². The maximum Gasteiger partial charge on any atom is 0.338 e. The molecule has 0 unspecified atom stereocenters. The van der Waals surface area contributed by atoms with Crippen LogP contribution in [0.15, 0.2) is 67.0 Å². The Morgan fingerprint density at radius 1 is 1.00 bits per heavy atom. The Kier molecular flexibility index (Phi) is 6.18. The van der Waals surface area contributed by atoms with Crippen molar-refractivity contribution in [2.75, 3.05) is 17.2 Å². The first-order valence-corrected chi connectivity index (χ1v) is 8.90. The van der Waals surface area contributed by atoms with Gasteiger partial charge in [-0.1, -0.05) is 6.07 Å². The van der Waals surface area contributed by atoms with Crippen LogP contribution >= 0.6 is 0 Å². The first kappa shape index (κ1) is 19.6. The number of ether oxygens (including phenoxy) is 1. The van der Waals surface area contributed by atoms with E-state index in [1.807, 2.05) is 6.07 Å². The highest BCUT2D eigenvalue weighted by atomic mass is 16.5. The third-order valence-electron chi connectivity index (χ3n) is 3.93. The van der Waals surface area contributed by atoms with Crippen LogP contribution in [0, 0.1) is 11.3 Å². The number of nitrogens with zero attached hydrogens (tertiary/aromatic N) is 2. The summed E-state index contributed by atoms with van der Waals surface area (Å²) in [6.07, 6.45) is 3.04. The van der Waals surface area contributed by atoms with Crippen LogP contribution in [0.3, 0.4) is 0 Å². The molecule has 0 saturated carbocycles. The standard InChI is InChI=1S/C22H18N4O3/c1-2-29-22(28)16-6-8-18(9-7-16)26-21(27)17-11-20(14-24-13-17)25-19-5-3-4-15(10-19)12-23/h3-11,13-14,25H,2H2,1H3,(H,26,27). The number of anilines is 3. The summed E-state index contributed by atoms with van der Waals surface area (Å²) < 4.78 is 4.94. The molecule has 2 N–H and O–H groups in total. The van der Waals surface area contributed by atoms with E-state index in [4.69, 9.17) is 10.00 Å². The summed E-state index contributed by atoms with van der Waals surface area (Å²) in [5.74, 6) is -0.746. The Balaban J connectivity index is 1.69. The largest absolute Gasteiger partial charge is 0.462 e. The van der Waals surface area contributed by atoms with Gasteiger partial charge in [-0.25, -0.2) is 4.79 Å². The SMILES string of the molecule is CCOC(=O)c1ccc(NC(=O)c2cncc(Nc3cccc(C#N)c3)c2)cc1. The van der Waals surface area contributed by atoms with E-state index in [1.165, 1.54) is 6.20 Å². The lowest BCUT2D eigenvalue weighted by atomic mass is 10.2. The molecule has 2 aromatic carbocycles. The van der Waals surface area contributed by atoms with Gasteiger partial charge in [0.2, 0.25) is 0 Å². The molecule has 0 aliphatic heterocycles. The van der Waals surface area contributed by atoms with Crippen molar-refractivity contribution in [3.8, 4) is 6.07 Å². The Morgan fingerprint density at radius 2 is 1.79 bits per heavy atom. The van der Waals surface area contributed by atoms with Gasteiger partial charge in [-0.05, 0) is 55.5 Å². The average molecular weight is 386 g/mol. The highest BCUT2D eigenvalue weighted by Gasteiger charge is 2.10. The smallest absolute Gasteiger partial charge is 0.338 e. The van der Waals surface area contributed by atoms with E-state index in [0.717, 1.165) is 5.69 Å². The number of esters is 1. The van der Waals surface area contributed by atoms with Crippen molar-refractivity contribution in [1.82, 2.24) is 4.98 Å². The molecule has 3 rings (SSSR count). The van der Waals surface area contributed by atoms with Crippen molar-refractivity contribution < 1.29 is 14.3 Å². The Morgan fingerprint density at radius 3 is 2.52 bits per heavy atom. The number of aromatic nitrogens is 1. The average Bonchev–Trinajstić information content (AvgIpc) is 2.74. The lowest BCUT2D eigenvalue weighted by Gasteiger charge is -2.09. The molecule has 144 valence electrons. The van der Waals surface area contributed by atoms with E-state index in [-0.39, 0.29) is 5.91 Å². The Bertz CT molecular complexity index is 1070. The number of carbonyl (C=O) groups is 2. The molecule has 7 nitrogen and oxygen atoms in total. The normalized spacial score (nSPS) is 9.93. The third-order valence-corrected chi connectivity index (χ3v) is 3.93. The second-order valence-corrected chi connectivity index (χ2v) is 6.03. The molecule has 3 aromatic rings. The number of carbonyl (C=O) groups excluding carboxylic acids is 2. The molecule has 0 aliphatic rings. The van der Waals surface area contributed by atoms with Crippen molar-refractivity contribution in [3.05, 3.63) is 83.7 Å². The molecule has 0 aliphatic carbocycles. The summed E-state index contributed by atoms with van der Waals surface area (Å²) in [4.78, 5) is 28.3. The van der Waals surface area contributed by atoms with Crippen LogP contribution in [-0.2, 0) is 4.74 Å². The van der Waals surface area contributed by atoms with Gasteiger partial charge < -0.3 is 15.4 Å². The van der Waals surface area contributed by atoms with Crippen molar-refractivity contribution in [3.63, 3.8) is 0 Å². The van der Waals surface area contributed by atoms with Gasteiger partial charge in [-0.15, -0.1) is 0 Å². The van der Waals surface area contributed by atoms with Crippen LogP contribution in [0.2, 0.25) is 0 Å². The number of nitrogens with one attached hydrogen (secondary N) is 2. The monoisotopic (exact) mass is 386 g/mol. The molecule has 29 heavy (non-hydrogen) atoms. The van der Waals surface area contributed by atoms with Crippen LogP contribution in [-0.4, -0.2) is 23.5 Å². The molecule has 0 fully saturated rings. The zero-order valence-electron chi connectivity index (χ0n) is 15.7. The number of amides is 1. The van der Waals surface area contributed by atoms with Crippen molar-refractivity contribution in [2.45, 2.75) is 6.92 Å². The summed E-state index contributed by atoms with van der Waals surface area (Å²) in [6.45, 7) is 2.04. The van der Waals surface area contributed by atoms with Gasteiger partial charge in [-0.3, -0.25) is 9.78 Å². The summed E-state index contributed by atoms with van der Waals surface area (Å²) in [7, 11) is 0. The molecule has 1 heterocycles. The summed E-state index contributed by atoms with van der Waals surface area (Å²) in [6, 6.07) is 17.2. The predicted octanol–water partition coefficient (Wildman–Crippen LogP) is 4.13. The maximum atomic E-state index is 12.5. The van der Waals surface area contributed by atoms with Crippen molar-refractivity contribution in [1.29, 1.82) is 5.26 Å². The van der Waals surface area contributed by atoms with E-state index in [0.29, 0.717) is 34.7 Å². The lowest BCUT2D eigenvalue weighted by molar-refractivity contribution is 0.0526. The second-order valence-electron chi connectivity index (χ2n) is 6.03. The maximum absolute atomic E-state index is 12.5. The van der Waals surface area contributed by atoms with Gasteiger partial charge in [0.25, 0.3) is 5.91 Å². The highest BCUT2D eigenvalue weighted by molar-refractivity contribution is 6.04. The number of rotatable bonds is 6. The lowest BCUT2D eigenvalue weighted by Crippen LogP contribution is -2.13. The van der Waals surface area contributed by atoms with Crippen LogP contribution in [0.5, 0.6) is 0 Å². The molecule has 0 radical (unpaired) electrons. The van der Waals surface area contributed by atoms with Gasteiger partial charge in [-0.2, -0.15) is 5.26 Å². The number of hydrogen-bond acceptors (Lipinski definition) is 6. The molecular formula is C22H18N4O3. The number of benzene rings is 2. The predicted molar refractivity (Wildman–Crippen MR) is 109 cm³/mol.